The van der Waals surface area contributed by atoms with E-state index in [9.17, 15) is 9.59 Å². The highest BCUT2D eigenvalue weighted by Gasteiger charge is 2.21. The summed E-state index contributed by atoms with van der Waals surface area (Å²) in [5, 5.41) is 14.4. The molecule has 4 rings (SSSR count). The van der Waals surface area contributed by atoms with Crippen LogP contribution in [0.2, 0.25) is 0 Å². The van der Waals surface area contributed by atoms with E-state index in [4.69, 9.17) is 4.74 Å². The molecule has 2 amide bonds. The Labute approximate surface area is 202 Å². The minimum absolute atomic E-state index is 0.135. The summed E-state index contributed by atoms with van der Waals surface area (Å²) in [4.78, 5) is 27.6. The molecule has 0 radical (unpaired) electrons. The molecule has 2 heterocycles. The van der Waals surface area contributed by atoms with Crippen molar-refractivity contribution >= 4 is 29.3 Å². The molecule has 34 heavy (non-hydrogen) atoms. The summed E-state index contributed by atoms with van der Waals surface area (Å²) in [6.07, 6.45) is 1.59. The minimum atomic E-state index is -0.155. The van der Waals surface area contributed by atoms with Crippen LogP contribution in [0.3, 0.4) is 0 Å². The fourth-order valence-electron chi connectivity index (χ4n) is 3.64. The Morgan fingerprint density at radius 2 is 1.82 bits per heavy atom. The molecule has 0 spiro atoms. The fraction of sp³-hybridized carbons (Fsp3) is 0.333. The van der Waals surface area contributed by atoms with Crippen LogP contribution < -0.4 is 10.6 Å². The van der Waals surface area contributed by atoms with Gasteiger partial charge in [-0.15, -0.1) is 10.2 Å². The molecule has 1 atom stereocenters. The minimum Gasteiger partial charge on any atom is -0.379 e. The van der Waals surface area contributed by atoms with Crippen molar-refractivity contribution in [2.24, 2.45) is 7.05 Å². The first-order valence-electron chi connectivity index (χ1n) is 11.1. The molecule has 1 aliphatic rings. The lowest BCUT2D eigenvalue weighted by molar-refractivity contribution is -0.113. The lowest BCUT2D eigenvalue weighted by Crippen LogP contribution is -2.43. The quantitative estimate of drug-likeness (QED) is 0.454. The number of thioether (sulfide) groups is 1. The summed E-state index contributed by atoms with van der Waals surface area (Å²) in [5.74, 6) is -0.0904. The first-order valence-corrected chi connectivity index (χ1v) is 12.1. The van der Waals surface area contributed by atoms with Crippen molar-refractivity contribution in [3.05, 3.63) is 72.1 Å². The molecule has 3 aromatic rings. The maximum absolute atomic E-state index is 13.0. The van der Waals surface area contributed by atoms with Gasteiger partial charge in [-0.2, -0.15) is 0 Å². The molecule has 2 aromatic carbocycles. The number of aromatic nitrogens is 3. The van der Waals surface area contributed by atoms with Gasteiger partial charge in [0.05, 0.1) is 25.0 Å². The van der Waals surface area contributed by atoms with Gasteiger partial charge in [-0.05, 0) is 29.8 Å². The lowest BCUT2D eigenvalue weighted by Gasteiger charge is -2.31. The smallest absolute Gasteiger partial charge is 0.251 e. The van der Waals surface area contributed by atoms with Crippen molar-refractivity contribution in [3.63, 3.8) is 0 Å². The molecule has 1 aromatic heterocycles. The number of benzene rings is 2. The van der Waals surface area contributed by atoms with Crippen LogP contribution in [0.15, 0.2) is 66.1 Å². The fourth-order valence-corrected chi connectivity index (χ4v) is 4.33. The molecule has 9 nitrogen and oxygen atoms in total. The van der Waals surface area contributed by atoms with E-state index in [1.807, 2.05) is 37.4 Å². The maximum atomic E-state index is 13.0. The zero-order valence-electron chi connectivity index (χ0n) is 19.0. The Kier molecular flexibility index (Phi) is 8.29. The standard InChI is InChI=1S/C24H28N6O3S/c1-29-17-25-28-24(29)34-16-22(31)26-20-9-7-19(8-10-20)23(32)27-21(18-5-3-2-4-6-18)15-30-11-13-33-14-12-30/h2-10,17,21H,11-16H2,1H3,(H,26,31)(H,27,32)/t21-/m1/s1. The van der Waals surface area contributed by atoms with Gasteiger partial charge in [0.15, 0.2) is 5.16 Å². The van der Waals surface area contributed by atoms with Crippen molar-refractivity contribution in [2.45, 2.75) is 11.2 Å². The average Bonchev–Trinajstić information content (AvgIpc) is 3.28. The molecule has 0 saturated carbocycles. The number of anilines is 1. The molecule has 0 aliphatic carbocycles. The van der Waals surface area contributed by atoms with Crippen molar-refractivity contribution in [1.82, 2.24) is 25.0 Å². The van der Waals surface area contributed by atoms with Gasteiger partial charge in [0, 0.05) is 37.9 Å². The summed E-state index contributed by atoms with van der Waals surface area (Å²) in [5.41, 5.74) is 2.23. The third-order valence-electron chi connectivity index (χ3n) is 5.48. The van der Waals surface area contributed by atoms with Crippen molar-refractivity contribution in [2.75, 3.05) is 43.9 Å². The van der Waals surface area contributed by atoms with E-state index in [1.165, 1.54) is 11.8 Å². The van der Waals surface area contributed by atoms with E-state index < -0.39 is 0 Å². The molecule has 1 fully saturated rings. The number of nitrogens with one attached hydrogen (secondary N) is 2. The zero-order chi connectivity index (χ0) is 23.8. The monoisotopic (exact) mass is 480 g/mol. The summed E-state index contributed by atoms with van der Waals surface area (Å²) in [6.45, 7) is 3.83. The largest absolute Gasteiger partial charge is 0.379 e. The van der Waals surface area contributed by atoms with Crippen LogP contribution >= 0.6 is 11.8 Å². The third kappa shape index (κ3) is 6.66. The van der Waals surface area contributed by atoms with E-state index in [-0.39, 0.29) is 23.6 Å². The van der Waals surface area contributed by atoms with E-state index in [0.29, 0.717) is 29.6 Å². The molecule has 10 heteroatoms. The van der Waals surface area contributed by atoms with Crippen LogP contribution in [-0.2, 0) is 16.6 Å². The molecule has 1 aliphatic heterocycles. The predicted octanol–water partition coefficient (Wildman–Crippen LogP) is 2.35. The van der Waals surface area contributed by atoms with Crippen LogP contribution in [0.25, 0.3) is 0 Å². The molecule has 0 bridgehead atoms. The van der Waals surface area contributed by atoms with Crippen LogP contribution in [0.5, 0.6) is 0 Å². The SMILES string of the molecule is Cn1cnnc1SCC(=O)Nc1ccc(C(=O)N[C@H](CN2CCOCC2)c2ccccc2)cc1. The van der Waals surface area contributed by atoms with E-state index >= 15 is 0 Å². The number of rotatable bonds is 9. The first-order chi connectivity index (χ1) is 16.6. The van der Waals surface area contributed by atoms with Gasteiger partial charge in [-0.25, -0.2) is 0 Å². The Morgan fingerprint density at radius 3 is 2.50 bits per heavy atom. The highest BCUT2D eigenvalue weighted by molar-refractivity contribution is 7.99. The van der Waals surface area contributed by atoms with Crippen LogP contribution in [0, 0.1) is 0 Å². The number of hydrogen-bond acceptors (Lipinski definition) is 7. The summed E-state index contributed by atoms with van der Waals surface area (Å²) >= 11 is 1.31. The number of ether oxygens (including phenoxy) is 1. The summed E-state index contributed by atoms with van der Waals surface area (Å²) in [7, 11) is 1.83. The molecule has 2 N–H and O–H groups in total. The molecule has 178 valence electrons. The number of morpholine rings is 1. The number of carbonyl (C=O) groups is 2. The molecular formula is C24H28N6O3S. The summed E-state index contributed by atoms with van der Waals surface area (Å²) < 4.78 is 7.21. The first kappa shape index (κ1) is 23.9. The molecule has 1 saturated heterocycles. The van der Waals surface area contributed by atoms with Gasteiger partial charge < -0.3 is 19.9 Å². The van der Waals surface area contributed by atoms with E-state index in [1.54, 1.807) is 35.2 Å². The number of nitrogens with zero attached hydrogens (tertiary/aromatic N) is 4. The normalized spacial score (nSPS) is 15.0. The van der Waals surface area contributed by atoms with Gasteiger partial charge >= 0.3 is 0 Å². The Balaban J connectivity index is 1.34. The number of aryl methyl sites for hydroxylation is 1. The average molecular weight is 481 g/mol. The molecular weight excluding hydrogens is 452 g/mol. The maximum Gasteiger partial charge on any atom is 0.251 e. The Bertz CT molecular complexity index is 1080. The van der Waals surface area contributed by atoms with E-state index in [2.05, 4.69) is 25.7 Å². The topological polar surface area (TPSA) is 101 Å². The zero-order valence-corrected chi connectivity index (χ0v) is 19.8. The second-order valence-electron chi connectivity index (χ2n) is 7.99. The highest BCUT2D eigenvalue weighted by atomic mass is 32.2. The number of amides is 2. The second-order valence-corrected chi connectivity index (χ2v) is 8.93. The van der Waals surface area contributed by atoms with Crippen LogP contribution in [-0.4, -0.2) is 70.1 Å². The third-order valence-corrected chi connectivity index (χ3v) is 6.52. The summed E-state index contributed by atoms with van der Waals surface area (Å²) in [6, 6.07) is 16.8. The van der Waals surface area contributed by atoms with Crippen molar-refractivity contribution in [3.8, 4) is 0 Å². The number of hydrogen-bond donors (Lipinski definition) is 2. The highest BCUT2D eigenvalue weighted by Crippen LogP contribution is 2.18. The lowest BCUT2D eigenvalue weighted by atomic mass is 10.1. The van der Waals surface area contributed by atoms with Gasteiger partial charge in [0.1, 0.15) is 6.33 Å². The predicted molar refractivity (Wildman–Crippen MR) is 131 cm³/mol. The van der Waals surface area contributed by atoms with Crippen molar-refractivity contribution < 1.29 is 14.3 Å². The Hall–Kier alpha value is -3.21. The second kappa shape index (κ2) is 11.8. The van der Waals surface area contributed by atoms with Crippen LogP contribution in [0.1, 0.15) is 22.0 Å². The Morgan fingerprint density at radius 1 is 1.09 bits per heavy atom. The van der Waals surface area contributed by atoms with Gasteiger partial charge in [-0.1, -0.05) is 42.1 Å². The van der Waals surface area contributed by atoms with Gasteiger partial charge in [0.2, 0.25) is 5.91 Å². The van der Waals surface area contributed by atoms with Gasteiger partial charge in [-0.3, -0.25) is 14.5 Å². The van der Waals surface area contributed by atoms with Crippen molar-refractivity contribution in [1.29, 1.82) is 0 Å². The van der Waals surface area contributed by atoms with Crippen LogP contribution in [0.4, 0.5) is 5.69 Å². The van der Waals surface area contributed by atoms with Gasteiger partial charge in [0.25, 0.3) is 5.91 Å². The number of carbonyl (C=O) groups excluding carboxylic acids is 2. The molecule has 0 unspecified atom stereocenters. The van der Waals surface area contributed by atoms with E-state index in [0.717, 1.165) is 25.2 Å².